The van der Waals surface area contributed by atoms with Gasteiger partial charge in [0.1, 0.15) is 5.56 Å². The van der Waals surface area contributed by atoms with Crippen LogP contribution in [-0.4, -0.2) is 43.0 Å². The number of benzene rings is 1. The third kappa shape index (κ3) is 3.48. The van der Waals surface area contributed by atoms with E-state index in [-0.39, 0.29) is 5.41 Å². The van der Waals surface area contributed by atoms with E-state index in [9.17, 15) is 23.3 Å². The zero-order valence-corrected chi connectivity index (χ0v) is 14.1. The Labute approximate surface area is 139 Å². The Balaban J connectivity index is 0.00000100. The van der Waals surface area contributed by atoms with Gasteiger partial charge in [0, 0.05) is 36.8 Å². The molecule has 3 rings (SSSR count). The minimum atomic E-state index is -4.73. The van der Waals surface area contributed by atoms with Gasteiger partial charge in [0.25, 0.3) is 5.69 Å². The van der Waals surface area contributed by atoms with Crippen LogP contribution in [0.4, 0.5) is 24.5 Å². The predicted molar refractivity (Wildman–Crippen MR) is 86.2 cm³/mol. The second-order valence-corrected chi connectivity index (χ2v) is 6.30. The Hall–Kier alpha value is -1.83. The number of halogens is 3. The number of nitro groups is 1. The lowest BCUT2D eigenvalue weighted by molar-refractivity contribution is -0.388. The van der Waals surface area contributed by atoms with Crippen LogP contribution in [0.2, 0.25) is 0 Å². The summed E-state index contributed by atoms with van der Waals surface area (Å²) < 4.78 is 39.0. The fourth-order valence-electron chi connectivity index (χ4n) is 3.47. The quantitative estimate of drug-likeness (QED) is 0.605. The van der Waals surface area contributed by atoms with Gasteiger partial charge in [0.05, 0.1) is 4.92 Å². The van der Waals surface area contributed by atoms with Crippen LogP contribution in [-0.2, 0) is 6.18 Å². The first-order valence-electron chi connectivity index (χ1n) is 7.99. The third-order valence-corrected chi connectivity index (χ3v) is 4.53. The van der Waals surface area contributed by atoms with Crippen molar-refractivity contribution < 1.29 is 18.1 Å². The van der Waals surface area contributed by atoms with E-state index in [4.69, 9.17) is 0 Å². The summed E-state index contributed by atoms with van der Waals surface area (Å²) in [6.45, 7) is 7.35. The zero-order chi connectivity index (χ0) is 18.1. The number of anilines is 1. The number of hydrogen-bond acceptors (Lipinski definition) is 4. The Bertz CT molecular complexity index is 613. The maximum absolute atomic E-state index is 13.0. The molecule has 0 atom stereocenters. The van der Waals surface area contributed by atoms with Crippen molar-refractivity contribution in [3.05, 3.63) is 33.9 Å². The van der Waals surface area contributed by atoms with Crippen LogP contribution in [0.1, 0.15) is 25.8 Å². The highest BCUT2D eigenvalue weighted by Crippen LogP contribution is 2.44. The van der Waals surface area contributed by atoms with Crippen LogP contribution in [0.15, 0.2) is 18.2 Å². The average Bonchev–Trinajstić information content (AvgIpc) is 2.88. The summed E-state index contributed by atoms with van der Waals surface area (Å²) in [5.74, 6) is 0. The molecule has 2 fully saturated rings. The molecule has 1 spiro atoms. The summed E-state index contributed by atoms with van der Waals surface area (Å²) in [5.41, 5.74) is -1.51. The highest BCUT2D eigenvalue weighted by Gasteiger charge is 2.47. The number of hydrogen-bond donors (Lipinski definition) is 0. The molecular weight excluding hydrogens is 323 g/mol. The van der Waals surface area contributed by atoms with E-state index in [1.54, 1.807) is 0 Å². The van der Waals surface area contributed by atoms with Crippen LogP contribution in [0.25, 0.3) is 0 Å². The van der Waals surface area contributed by atoms with Gasteiger partial charge in [-0.3, -0.25) is 10.1 Å². The molecule has 1 aromatic rings. The van der Waals surface area contributed by atoms with Gasteiger partial charge in [-0.2, -0.15) is 13.2 Å². The Morgan fingerprint density at radius 2 is 1.83 bits per heavy atom. The van der Waals surface area contributed by atoms with Crippen LogP contribution in [0.3, 0.4) is 0 Å². The molecule has 0 aliphatic carbocycles. The van der Waals surface area contributed by atoms with E-state index >= 15 is 0 Å². The Kier molecular flexibility index (Phi) is 5.08. The molecular formula is C16H22F3N3O2. The zero-order valence-electron chi connectivity index (χ0n) is 14.1. The van der Waals surface area contributed by atoms with Gasteiger partial charge in [-0.1, -0.05) is 13.8 Å². The molecule has 1 aromatic carbocycles. The topological polar surface area (TPSA) is 49.6 Å². The summed E-state index contributed by atoms with van der Waals surface area (Å²) in [6, 6.07) is 3.24. The van der Waals surface area contributed by atoms with Crippen molar-refractivity contribution in [2.45, 2.75) is 26.4 Å². The number of alkyl halides is 3. The predicted octanol–water partition coefficient (Wildman–Crippen LogP) is 3.78. The second-order valence-electron chi connectivity index (χ2n) is 6.30. The molecule has 0 unspecified atom stereocenters. The molecule has 2 aliphatic rings. The lowest BCUT2D eigenvalue weighted by Crippen LogP contribution is -2.57. The SMILES string of the molecule is CC.CN1CCC2(C1)CN(c1ccc([N+](=O)[O-])c(C(F)(F)F)c1)C2. The molecule has 134 valence electrons. The summed E-state index contributed by atoms with van der Waals surface area (Å²) >= 11 is 0. The highest BCUT2D eigenvalue weighted by atomic mass is 19.4. The summed E-state index contributed by atoms with van der Waals surface area (Å²) in [7, 11) is 2.03. The van der Waals surface area contributed by atoms with E-state index in [1.807, 2.05) is 25.8 Å². The van der Waals surface area contributed by atoms with Gasteiger partial charge < -0.3 is 9.80 Å². The van der Waals surface area contributed by atoms with Gasteiger partial charge in [0.15, 0.2) is 0 Å². The first-order valence-corrected chi connectivity index (χ1v) is 7.99. The number of likely N-dealkylation sites (tertiary alicyclic amines) is 1. The van der Waals surface area contributed by atoms with E-state index in [1.165, 1.54) is 6.07 Å². The maximum Gasteiger partial charge on any atom is 0.423 e. The molecule has 24 heavy (non-hydrogen) atoms. The Morgan fingerprint density at radius 1 is 1.21 bits per heavy atom. The van der Waals surface area contributed by atoms with Crippen molar-refractivity contribution in [3.8, 4) is 0 Å². The van der Waals surface area contributed by atoms with Crippen LogP contribution < -0.4 is 4.90 Å². The minimum absolute atomic E-state index is 0.162. The molecule has 0 N–H and O–H groups in total. The molecule has 5 nitrogen and oxygen atoms in total. The third-order valence-electron chi connectivity index (χ3n) is 4.53. The van der Waals surface area contributed by atoms with Gasteiger partial charge in [-0.15, -0.1) is 0 Å². The van der Waals surface area contributed by atoms with Gasteiger partial charge in [-0.05, 0) is 32.1 Å². The van der Waals surface area contributed by atoms with Crippen molar-refractivity contribution in [2.75, 3.05) is 38.1 Å². The molecule has 8 heteroatoms. The molecule has 0 aromatic heterocycles. The van der Waals surface area contributed by atoms with Crippen molar-refractivity contribution in [2.24, 2.45) is 5.41 Å². The molecule has 0 radical (unpaired) electrons. The van der Waals surface area contributed by atoms with Gasteiger partial charge >= 0.3 is 6.18 Å². The smallest absolute Gasteiger partial charge is 0.370 e. The first kappa shape index (κ1) is 18.5. The minimum Gasteiger partial charge on any atom is -0.370 e. The maximum atomic E-state index is 13.0. The van der Waals surface area contributed by atoms with E-state index in [0.29, 0.717) is 18.8 Å². The molecule has 2 heterocycles. The first-order chi connectivity index (χ1) is 11.2. The number of nitro benzene ring substituents is 1. The van der Waals surface area contributed by atoms with Crippen molar-refractivity contribution in [1.82, 2.24) is 4.90 Å². The number of rotatable bonds is 2. The summed E-state index contributed by atoms with van der Waals surface area (Å²) in [6.07, 6.45) is -3.69. The second kappa shape index (κ2) is 6.58. The lowest BCUT2D eigenvalue weighted by atomic mass is 9.78. The average molecular weight is 345 g/mol. The number of nitrogens with zero attached hydrogens (tertiary/aromatic N) is 3. The van der Waals surface area contributed by atoms with Crippen molar-refractivity contribution in [3.63, 3.8) is 0 Å². The molecule has 0 amide bonds. The van der Waals surface area contributed by atoms with Crippen LogP contribution >= 0.6 is 0 Å². The Morgan fingerprint density at radius 3 is 2.29 bits per heavy atom. The van der Waals surface area contributed by atoms with Crippen LogP contribution in [0, 0.1) is 15.5 Å². The molecule has 0 saturated carbocycles. The monoisotopic (exact) mass is 345 g/mol. The van der Waals surface area contributed by atoms with Gasteiger partial charge in [-0.25, -0.2) is 0 Å². The fraction of sp³-hybridized carbons (Fsp3) is 0.625. The summed E-state index contributed by atoms with van der Waals surface area (Å²) in [5, 5.41) is 10.8. The van der Waals surface area contributed by atoms with Crippen molar-refractivity contribution >= 4 is 11.4 Å². The van der Waals surface area contributed by atoms with Crippen molar-refractivity contribution in [1.29, 1.82) is 0 Å². The van der Waals surface area contributed by atoms with Crippen LogP contribution in [0.5, 0.6) is 0 Å². The van der Waals surface area contributed by atoms with E-state index < -0.39 is 22.4 Å². The molecule has 2 saturated heterocycles. The van der Waals surface area contributed by atoms with E-state index in [2.05, 4.69) is 4.90 Å². The standard InChI is InChI=1S/C14H16F3N3O2.C2H6/c1-18-5-4-13(7-18)8-19(9-13)10-2-3-12(20(21)22)11(6-10)14(15,16)17;1-2/h2-3,6H,4-5,7-9H2,1H3;1-2H3. The summed E-state index contributed by atoms with van der Waals surface area (Å²) in [4.78, 5) is 13.8. The molecule has 2 aliphatic heterocycles. The molecule has 0 bridgehead atoms. The fourth-order valence-corrected chi connectivity index (χ4v) is 3.47. The van der Waals surface area contributed by atoms with Gasteiger partial charge in [0.2, 0.25) is 0 Å². The normalized spacial score (nSPS) is 19.7. The highest BCUT2D eigenvalue weighted by molar-refractivity contribution is 5.58. The lowest BCUT2D eigenvalue weighted by Gasteiger charge is -2.49. The van der Waals surface area contributed by atoms with E-state index in [0.717, 1.165) is 31.6 Å². The largest absolute Gasteiger partial charge is 0.423 e.